The summed E-state index contributed by atoms with van der Waals surface area (Å²) < 4.78 is 5.70. The number of carbonyl (C=O) groups is 1. The van der Waals surface area contributed by atoms with Crippen LogP contribution in [0.3, 0.4) is 0 Å². The number of hydrogen-bond donors (Lipinski definition) is 1. The Balaban J connectivity index is 1.53. The van der Waals surface area contributed by atoms with Crippen LogP contribution in [0.4, 0.5) is 0 Å². The van der Waals surface area contributed by atoms with E-state index in [2.05, 4.69) is 9.97 Å². The number of rotatable bonds is 5. The van der Waals surface area contributed by atoms with E-state index < -0.39 is 0 Å². The van der Waals surface area contributed by atoms with Crippen LogP contribution in [0.15, 0.2) is 69.9 Å². The van der Waals surface area contributed by atoms with Crippen molar-refractivity contribution in [2.24, 2.45) is 0 Å². The molecule has 0 aliphatic heterocycles. The highest BCUT2D eigenvalue weighted by atomic mass is 16.3. The molecule has 4 rings (SSSR count). The number of carbonyl (C=O) groups excluding carboxylic acids is 1. The molecule has 2 heterocycles. The van der Waals surface area contributed by atoms with Gasteiger partial charge in [0.05, 0.1) is 17.4 Å². The Morgan fingerprint density at radius 1 is 1.18 bits per heavy atom. The van der Waals surface area contributed by atoms with Gasteiger partial charge >= 0.3 is 0 Å². The first kappa shape index (κ1) is 17.7. The maximum Gasteiger partial charge on any atom is 0.258 e. The van der Waals surface area contributed by atoms with Crippen molar-refractivity contribution in [3.8, 4) is 0 Å². The number of likely N-dealkylation sites (N-methyl/N-ethyl adjacent to an activating group) is 1. The zero-order valence-electron chi connectivity index (χ0n) is 15.4. The molecular weight excluding hydrogens is 354 g/mol. The average Bonchev–Trinajstić information content (AvgIpc) is 3.13. The van der Waals surface area contributed by atoms with E-state index in [0.717, 1.165) is 11.0 Å². The third-order valence-corrected chi connectivity index (χ3v) is 4.53. The Labute approximate surface area is 161 Å². The number of nitrogens with one attached hydrogen (secondary N) is 1. The zero-order valence-corrected chi connectivity index (χ0v) is 15.4. The molecule has 28 heavy (non-hydrogen) atoms. The summed E-state index contributed by atoms with van der Waals surface area (Å²) in [7, 11) is 0. The third-order valence-electron chi connectivity index (χ3n) is 4.53. The molecule has 1 amide bonds. The molecule has 0 spiro atoms. The Kier molecular flexibility index (Phi) is 4.76. The number of fused-ring (bicyclic) bond motifs is 2. The standard InChI is InChI=1S/C22H19N3O3/c1-2-25(14-20-23-18-9-5-4-8-17(18)22(27)24-20)21(26)12-11-16-13-15-7-3-6-10-19(15)28-16/h3-13H,2,14H2,1H3,(H,23,24,27)/b12-11+. The van der Waals surface area contributed by atoms with Gasteiger partial charge in [0.15, 0.2) is 0 Å². The molecule has 140 valence electrons. The Hall–Kier alpha value is -3.67. The molecule has 0 saturated heterocycles. The summed E-state index contributed by atoms with van der Waals surface area (Å²) in [5.41, 5.74) is 1.18. The van der Waals surface area contributed by atoms with E-state index in [1.54, 1.807) is 29.2 Å². The van der Waals surface area contributed by atoms with Gasteiger partial charge in [-0.1, -0.05) is 30.3 Å². The first-order valence-electron chi connectivity index (χ1n) is 9.07. The lowest BCUT2D eigenvalue weighted by molar-refractivity contribution is -0.126. The highest BCUT2D eigenvalue weighted by Crippen LogP contribution is 2.19. The van der Waals surface area contributed by atoms with Crippen LogP contribution < -0.4 is 5.56 Å². The summed E-state index contributed by atoms with van der Waals surface area (Å²) in [6, 6.07) is 16.7. The van der Waals surface area contributed by atoms with Crippen molar-refractivity contribution in [3.05, 3.63) is 82.6 Å². The number of nitrogens with zero attached hydrogens (tertiary/aromatic N) is 2. The Bertz CT molecular complexity index is 1200. The summed E-state index contributed by atoms with van der Waals surface area (Å²) in [6.07, 6.45) is 3.13. The fraction of sp³-hybridized carbons (Fsp3) is 0.136. The van der Waals surface area contributed by atoms with Crippen LogP contribution >= 0.6 is 0 Å². The van der Waals surface area contributed by atoms with Crippen molar-refractivity contribution < 1.29 is 9.21 Å². The molecule has 2 aromatic carbocycles. The molecule has 6 nitrogen and oxygen atoms in total. The van der Waals surface area contributed by atoms with Crippen LogP contribution in [0.2, 0.25) is 0 Å². The van der Waals surface area contributed by atoms with Crippen LogP contribution in [0, 0.1) is 0 Å². The molecular formula is C22H19N3O3. The molecule has 0 atom stereocenters. The normalized spacial score (nSPS) is 11.5. The van der Waals surface area contributed by atoms with Gasteiger partial charge in [0.25, 0.3) is 5.56 Å². The van der Waals surface area contributed by atoms with Crippen molar-refractivity contribution in [1.29, 1.82) is 0 Å². The van der Waals surface area contributed by atoms with Gasteiger partial charge in [0.2, 0.25) is 5.91 Å². The summed E-state index contributed by atoms with van der Waals surface area (Å²) in [5.74, 6) is 0.887. The monoisotopic (exact) mass is 373 g/mol. The minimum Gasteiger partial charge on any atom is -0.457 e. The topological polar surface area (TPSA) is 79.2 Å². The number of benzene rings is 2. The molecule has 6 heteroatoms. The summed E-state index contributed by atoms with van der Waals surface area (Å²) in [5, 5.41) is 1.52. The van der Waals surface area contributed by atoms with Crippen LogP contribution in [0.5, 0.6) is 0 Å². The number of furan rings is 1. The molecule has 1 N–H and O–H groups in total. The minimum absolute atomic E-state index is 0.182. The van der Waals surface area contributed by atoms with Gasteiger partial charge < -0.3 is 14.3 Å². The Morgan fingerprint density at radius 2 is 1.96 bits per heavy atom. The van der Waals surface area contributed by atoms with Crippen LogP contribution in [-0.2, 0) is 11.3 Å². The highest BCUT2D eigenvalue weighted by Gasteiger charge is 2.12. The number of hydrogen-bond acceptors (Lipinski definition) is 4. The van der Waals surface area contributed by atoms with Crippen molar-refractivity contribution in [2.45, 2.75) is 13.5 Å². The molecule has 2 aromatic heterocycles. The lowest BCUT2D eigenvalue weighted by atomic mass is 10.2. The predicted octanol–water partition coefficient (Wildman–Crippen LogP) is 3.73. The summed E-state index contributed by atoms with van der Waals surface area (Å²) in [6.45, 7) is 2.59. The van der Waals surface area contributed by atoms with Crippen LogP contribution in [-0.4, -0.2) is 27.3 Å². The van der Waals surface area contributed by atoms with Gasteiger partial charge in [0, 0.05) is 18.0 Å². The molecule has 0 aliphatic rings. The number of amides is 1. The quantitative estimate of drug-likeness (QED) is 0.541. The molecule has 0 unspecified atom stereocenters. The first-order valence-corrected chi connectivity index (χ1v) is 9.07. The van der Waals surface area contributed by atoms with Gasteiger partial charge in [0.1, 0.15) is 17.2 Å². The summed E-state index contributed by atoms with van der Waals surface area (Å²) in [4.78, 5) is 33.6. The SMILES string of the molecule is CCN(Cc1nc2ccccc2c(=O)[nH]1)C(=O)/C=C/c1cc2ccccc2o1. The number of aromatic nitrogens is 2. The smallest absolute Gasteiger partial charge is 0.258 e. The third kappa shape index (κ3) is 3.57. The van der Waals surface area contributed by atoms with E-state index in [0.29, 0.717) is 29.0 Å². The van der Waals surface area contributed by atoms with E-state index in [1.807, 2.05) is 43.3 Å². The van der Waals surface area contributed by atoms with Crippen LogP contribution in [0.25, 0.3) is 27.9 Å². The zero-order chi connectivity index (χ0) is 19.5. The second-order valence-electron chi connectivity index (χ2n) is 6.40. The molecule has 0 radical (unpaired) electrons. The number of H-pyrrole nitrogens is 1. The lowest BCUT2D eigenvalue weighted by Crippen LogP contribution is -2.30. The molecule has 0 fully saturated rings. The summed E-state index contributed by atoms with van der Waals surface area (Å²) >= 11 is 0. The van der Waals surface area contributed by atoms with Gasteiger partial charge in [-0.25, -0.2) is 4.98 Å². The van der Waals surface area contributed by atoms with Crippen molar-refractivity contribution >= 4 is 33.9 Å². The maximum atomic E-state index is 12.6. The molecule has 4 aromatic rings. The Morgan fingerprint density at radius 3 is 2.79 bits per heavy atom. The van der Waals surface area contributed by atoms with E-state index in [9.17, 15) is 9.59 Å². The molecule has 0 bridgehead atoms. The maximum absolute atomic E-state index is 12.6. The van der Waals surface area contributed by atoms with Gasteiger partial charge in [-0.3, -0.25) is 9.59 Å². The first-order chi connectivity index (χ1) is 13.6. The van der Waals surface area contributed by atoms with Gasteiger partial charge in [-0.2, -0.15) is 0 Å². The second kappa shape index (κ2) is 7.52. The number of para-hydroxylation sites is 2. The van der Waals surface area contributed by atoms with Crippen molar-refractivity contribution in [2.75, 3.05) is 6.54 Å². The molecule has 0 saturated carbocycles. The molecule has 0 aliphatic carbocycles. The van der Waals surface area contributed by atoms with Gasteiger partial charge in [-0.05, 0) is 37.3 Å². The predicted molar refractivity (Wildman–Crippen MR) is 109 cm³/mol. The van der Waals surface area contributed by atoms with Gasteiger partial charge in [-0.15, -0.1) is 0 Å². The average molecular weight is 373 g/mol. The van der Waals surface area contributed by atoms with Crippen molar-refractivity contribution in [3.63, 3.8) is 0 Å². The largest absolute Gasteiger partial charge is 0.457 e. The van der Waals surface area contributed by atoms with E-state index in [4.69, 9.17) is 4.42 Å². The van der Waals surface area contributed by atoms with E-state index in [-0.39, 0.29) is 18.0 Å². The fourth-order valence-corrected chi connectivity index (χ4v) is 3.08. The highest BCUT2D eigenvalue weighted by molar-refractivity contribution is 5.92. The fourth-order valence-electron chi connectivity index (χ4n) is 3.08. The van der Waals surface area contributed by atoms with E-state index >= 15 is 0 Å². The van der Waals surface area contributed by atoms with Crippen molar-refractivity contribution in [1.82, 2.24) is 14.9 Å². The second-order valence-corrected chi connectivity index (χ2v) is 6.40. The minimum atomic E-state index is -0.207. The number of aromatic amines is 1. The van der Waals surface area contributed by atoms with Crippen LogP contribution in [0.1, 0.15) is 18.5 Å². The lowest BCUT2D eigenvalue weighted by Gasteiger charge is -2.18. The van der Waals surface area contributed by atoms with E-state index in [1.165, 1.54) is 6.08 Å².